The average molecular weight is 461 g/mol. The van der Waals surface area contributed by atoms with Crippen LogP contribution in [0.25, 0.3) is 0 Å². The van der Waals surface area contributed by atoms with E-state index in [4.69, 9.17) is 11.6 Å². The maximum atomic E-state index is 13.2. The molecule has 2 rings (SSSR count). The highest BCUT2D eigenvalue weighted by molar-refractivity contribution is 7.99. The molecule has 0 unspecified atom stereocenters. The number of nitrogens with one attached hydrogen (secondary N) is 1. The van der Waals surface area contributed by atoms with E-state index in [1.54, 1.807) is 16.7 Å². The number of hydrogen-bond acceptors (Lipinski definition) is 3. The van der Waals surface area contributed by atoms with Gasteiger partial charge in [-0.2, -0.15) is 0 Å². The topological polar surface area (TPSA) is 49.4 Å². The van der Waals surface area contributed by atoms with Crippen LogP contribution < -0.4 is 5.32 Å². The lowest BCUT2D eigenvalue weighted by Gasteiger charge is -2.31. The summed E-state index contributed by atoms with van der Waals surface area (Å²) >= 11 is 7.60. The monoisotopic (exact) mass is 460 g/mol. The van der Waals surface area contributed by atoms with Gasteiger partial charge < -0.3 is 10.2 Å². The Morgan fingerprint density at radius 3 is 2.42 bits per heavy atom. The summed E-state index contributed by atoms with van der Waals surface area (Å²) in [4.78, 5) is 27.8. The van der Waals surface area contributed by atoms with E-state index in [2.05, 4.69) is 19.2 Å². The number of hydrogen-bond donors (Lipinski definition) is 1. The first-order chi connectivity index (χ1) is 14.8. The van der Waals surface area contributed by atoms with E-state index in [0.717, 1.165) is 11.1 Å². The van der Waals surface area contributed by atoms with E-state index < -0.39 is 6.04 Å². The molecular formula is C25H33ClN2O2S. The third-order valence-electron chi connectivity index (χ3n) is 4.93. The van der Waals surface area contributed by atoms with Gasteiger partial charge in [-0.25, -0.2) is 0 Å². The molecule has 0 aliphatic rings. The lowest BCUT2D eigenvalue weighted by atomic mass is 10.1. The van der Waals surface area contributed by atoms with Gasteiger partial charge in [0.05, 0.1) is 5.75 Å². The Bertz CT molecular complexity index is 855. The number of carbonyl (C=O) groups is 2. The van der Waals surface area contributed by atoms with Crippen molar-refractivity contribution in [3.8, 4) is 0 Å². The molecule has 0 aliphatic carbocycles. The quantitative estimate of drug-likeness (QED) is 0.484. The fourth-order valence-corrected chi connectivity index (χ4v) is 4.27. The summed E-state index contributed by atoms with van der Waals surface area (Å²) in [5.74, 6) is 1.25. The Morgan fingerprint density at radius 2 is 1.81 bits per heavy atom. The number of benzene rings is 2. The van der Waals surface area contributed by atoms with Crippen molar-refractivity contribution in [2.75, 3.05) is 12.3 Å². The van der Waals surface area contributed by atoms with Gasteiger partial charge >= 0.3 is 0 Å². The van der Waals surface area contributed by atoms with Crippen LogP contribution in [-0.4, -0.2) is 35.1 Å². The van der Waals surface area contributed by atoms with Gasteiger partial charge in [0.25, 0.3) is 0 Å². The first-order valence-electron chi connectivity index (χ1n) is 10.7. The molecule has 2 aromatic rings. The van der Waals surface area contributed by atoms with Crippen molar-refractivity contribution in [1.82, 2.24) is 10.2 Å². The number of carbonyl (C=O) groups excluding carboxylic acids is 2. The van der Waals surface area contributed by atoms with Gasteiger partial charge in [-0.15, -0.1) is 11.8 Å². The summed E-state index contributed by atoms with van der Waals surface area (Å²) in [6.45, 7) is 9.13. The minimum atomic E-state index is -0.487. The Hall–Kier alpha value is -1.98. The SMILES string of the molecule is CC[C@H](C(=O)NCC(C)C)N(Cc1ccc(C)cc1)C(=O)CSCc1cccc(Cl)c1. The molecule has 1 N–H and O–H groups in total. The molecule has 0 spiro atoms. The largest absolute Gasteiger partial charge is 0.354 e. The second-order valence-corrected chi connectivity index (χ2v) is 9.62. The molecule has 0 saturated heterocycles. The summed E-state index contributed by atoms with van der Waals surface area (Å²) in [6.07, 6.45) is 0.570. The molecule has 2 aromatic carbocycles. The van der Waals surface area contributed by atoms with Crippen LogP contribution in [0.15, 0.2) is 48.5 Å². The molecule has 168 valence electrons. The van der Waals surface area contributed by atoms with Crippen LogP contribution in [0.4, 0.5) is 0 Å². The van der Waals surface area contributed by atoms with Crippen molar-refractivity contribution >= 4 is 35.2 Å². The fraction of sp³-hybridized carbons (Fsp3) is 0.440. The molecule has 0 aliphatic heterocycles. The predicted octanol–water partition coefficient (Wildman–Crippen LogP) is 5.46. The third kappa shape index (κ3) is 8.58. The Labute approximate surface area is 195 Å². The molecule has 0 fully saturated rings. The van der Waals surface area contributed by atoms with Gasteiger partial charge in [0, 0.05) is 23.9 Å². The first-order valence-corrected chi connectivity index (χ1v) is 12.3. The summed E-state index contributed by atoms with van der Waals surface area (Å²) in [5.41, 5.74) is 3.27. The van der Waals surface area contributed by atoms with Crippen molar-refractivity contribution in [2.45, 2.75) is 52.5 Å². The fourth-order valence-electron chi connectivity index (χ4n) is 3.20. The smallest absolute Gasteiger partial charge is 0.242 e. The molecule has 0 radical (unpaired) electrons. The van der Waals surface area contributed by atoms with Gasteiger partial charge in [0.1, 0.15) is 6.04 Å². The number of rotatable bonds is 11. The van der Waals surface area contributed by atoms with E-state index in [1.807, 2.05) is 62.4 Å². The highest BCUT2D eigenvalue weighted by atomic mass is 35.5. The van der Waals surface area contributed by atoms with Crippen LogP contribution >= 0.6 is 23.4 Å². The van der Waals surface area contributed by atoms with Crippen LogP contribution in [-0.2, 0) is 21.9 Å². The van der Waals surface area contributed by atoms with E-state index in [-0.39, 0.29) is 11.8 Å². The lowest BCUT2D eigenvalue weighted by molar-refractivity contribution is -0.139. The van der Waals surface area contributed by atoms with Crippen LogP contribution in [0.1, 0.15) is 43.9 Å². The van der Waals surface area contributed by atoms with Crippen LogP contribution in [0.5, 0.6) is 0 Å². The lowest BCUT2D eigenvalue weighted by Crippen LogP contribution is -2.50. The molecule has 1 atom stereocenters. The molecule has 4 nitrogen and oxygen atoms in total. The molecular weight excluding hydrogens is 428 g/mol. The van der Waals surface area contributed by atoms with Crippen molar-refractivity contribution in [3.63, 3.8) is 0 Å². The van der Waals surface area contributed by atoms with Crippen molar-refractivity contribution in [2.24, 2.45) is 5.92 Å². The van der Waals surface area contributed by atoms with Crippen LogP contribution in [0.3, 0.4) is 0 Å². The maximum Gasteiger partial charge on any atom is 0.242 e. The standard InChI is InChI=1S/C25H33ClN2O2S/c1-5-23(25(30)27-14-18(2)3)28(15-20-11-9-19(4)10-12-20)24(29)17-31-16-21-7-6-8-22(26)13-21/h6-13,18,23H,5,14-17H2,1-4H3,(H,27,30)/t23-/m1/s1. The Kier molecular flexibility index (Phi) is 10.4. The normalized spacial score (nSPS) is 11.9. The molecule has 0 aromatic heterocycles. The third-order valence-corrected chi connectivity index (χ3v) is 6.15. The predicted molar refractivity (Wildman–Crippen MR) is 131 cm³/mol. The van der Waals surface area contributed by atoms with E-state index in [1.165, 1.54) is 5.56 Å². The molecule has 0 heterocycles. The molecule has 31 heavy (non-hydrogen) atoms. The summed E-state index contributed by atoms with van der Waals surface area (Å²) in [6, 6.07) is 15.3. The highest BCUT2D eigenvalue weighted by Gasteiger charge is 2.28. The van der Waals surface area contributed by atoms with Gasteiger partial charge in [-0.1, -0.05) is 74.3 Å². The van der Waals surface area contributed by atoms with Crippen LogP contribution in [0, 0.1) is 12.8 Å². The van der Waals surface area contributed by atoms with E-state index in [9.17, 15) is 9.59 Å². The Balaban J connectivity index is 2.11. The molecule has 0 bridgehead atoms. The van der Waals surface area contributed by atoms with Gasteiger partial charge in [-0.3, -0.25) is 9.59 Å². The van der Waals surface area contributed by atoms with Gasteiger partial charge in [-0.05, 0) is 42.5 Å². The van der Waals surface area contributed by atoms with Crippen molar-refractivity contribution in [1.29, 1.82) is 0 Å². The molecule has 0 saturated carbocycles. The van der Waals surface area contributed by atoms with Crippen molar-refractivity contribution in [3.05, 3.63) is 70.2 Å². The van der Waals surface area contributed by atoms with Crippen molar-refractivity contribution < 1.29 is 9.59 Å². The Morgan fingerprint density at radius 1 is 1.10 bits per heavy atom. The number of aryl methyl sites for hydroxylation is 1. The number of halogens is 1. The highest BCUT2D eigenvalue weighted by Crippen LogP contribution is 2.19. The number of nitrogens with zero attached hydrogens (tertiary/aromatic N) is 1. The zero-order chi connectivity index (χ0) is 22.8. The second-order valence-electron chi connectivity index (χ2n) is 8.19. The minimum absolute atomic E-state index is 0.0286. The average Bonchev–Trinajstić information content (AvgIpc) is 2.73. The van der Waals surface area contributed by atoms with E-state index in [0.29, 0.717) is 42.0 Å². The second kappa shape index (κ2) is 12.8. The van der Waals surface area contributed by atoms with E-state index >= 15 is 0 Å². The summed E-state index contributed by atoms with van der Waals surface area (Å²) in [5, 5.41) is 3.69. The van der Waals surface area contributed by atoms with Gasteiger partial charge in [0.15, 0.2) is 0 Å². The number of amides is 2. The zero-order valence-electron chi connectivity index (χ0n) is 18.9. The van der Waals surface area contributed by atoms with Gasteiger partial charge in [0.2, 0.25) is 11.8 Å². The zero-order valence-corrected chi connectivity index (χ0v) is 20.4. The maximum absolute atomic E-state index is 13.2. The molecule has 6 heteroatoms. The number of thioether (sulfide) groups is 1. The summed E-state index contributed by atoms with van der Waals surface area (Å²) in [7, 11) is 0. The molecule has 2 amide bonds. The minimum Gasteiger partial charge on any atom is -0.354 e. The first kappa shape index (κ1) is 25.3. The summed E-state index contributed by atoms with van der Waals surface area (Å²) < 4.78 is 0. The van der Waals surface area contributed by atoms with Crippen LogP contribution in [0.2, 0.25) is 5.02 Å².